The van der Waals surface area contributed by atoms with Crippen molar-refractivity contribution in [3.63, 3.8) is 0 Å². The highest BCUT2D eigenvalue weighted by Gasteiger charge is 2.42. The lowest BCUT2D eigenvalue weighted by atomic mass is 9.76. The third-order valence-electron chi connectivity index (χ3n) is 10.1. The number of Topliss-reactive ketones (excluding diaryl/α,β-unsaturated/α-hetero) is 6. The molecular weight excluding hydrogens is 691 g/mol. The minimum atomic E-state index is -0.849. The van der Waals surface area contributed by atoms with Gasteiger partial charge in [-0.15, -0.1) is 6.42 Å². The van der Waals surface area contributed by atoms with Crippen LogP contribution in [0.2, 0.25) is 0 Å². The molecule has 8 heteroatoms. The number of ketones is 6. The topological polar surface area (TPSA) is 123 Å². The molecule has 0 aromatic heterocycles. The van der Waals surface area contributed by atoms with E-state index >= 15 is 0 Å². The molecule has 0 aliphatic carbocycles. The fraction of sp³-hybridized carbons (Fsp3) is 0.553. The highest BCUT2D eigenvalue weighted by Crippen LogP contribution is 2.34. The molecule has 1 saturated heterocycles. The lowest BCUT2D eigenvalue weighted by Crippen LogP contribution is -2.47. The van der Waals surface area contributed by atoms with Crippen molar-refractivity contribution in [2.45, 2.75) is 138 Å². The molecule has 1 unspecified atom stereocenters. The normalized spacial score (nSPS) is 15.6. The average molecular weight is 754 g/mol. The van der Waals surface area contributed by atoms with Gasteiger partial charge in [0, 0.05) is 74.3 Å². The van der Waals surface area contributed by atoms with E-state index in [4.69, 9.17) is 6.42 Å². The Morgan fingerprint density at radius 3 is 2.00 bits per heavy atom. The minimum Gasteiger partial charge on any atom is -0.332 e. The molecule has 0 bridgehead atoms. The Morgan fingerprint density at radius 1 is 0.836 bits per heavy atom. The van der Waals surface area contributed by atoms with Crippen molar-refractivity contribution in [2.24, 2.45) is 23.2 Å². The fourth-order valence-electron chi connectivity index (χ4n) is 7.03. The van der Waals surface area contributed by atoms with Crippen molar-refractivity contribution >= 4 is 40.6 Å². The van der Waals surface area contributed by atoms with Crippen molar-refractivity contribution in [2.75, 3.05) is 6.54 Å². The zero-order valence-electron chi connectivity index (χ0n) is 34.5. The SMILES string of the molecule is C#Cc1ccc(CC(=O)C[C@H](C(=O)N2CCC[C@H]2C(=O)CC(CCC)C(=O)C(=O)CCC(=O)C[C@H](C(=O)C(C)C)c2ccccc2)C(C)(C)C)cc1.CCC. The van der Waals surface area contributed by atoms with Gasteiger partial charge >= 0.3 is 0 Å². The van der Waals surface area contributed by atoms with Crippen LogP contribution >= 0.6 is 0 Å². The first-order valence-electron chi connectivity index (χ1n) is 20.1. The number of hydrogen-bond donors (Lipinski definition) is 0. The predicted octanol–water partition coefficient (Wildman–Crippen LogP) is 8.50. The molecular formula is C47H63NO7. The number of likely N-dealkylation sites (tertiary alicyclic amines) is 1. The molecule has 298 valence electrons. The fourth-order valence-corrected chi connectivity index (χ4v) is 7.03. The second-order valence-corrected chi connectivity index (χ2v) is 16.3. The molecule has 0 N–H and O–H groups in total. The third kappa shape index (κ3) is 14.6. The molecule has 8 nitrogen and oxygen atoms in total. The summed E-state index contributed by atoms with van der Waals surface area (Å²) in [4.78, 5) is 95.1. The second kappa shape index (κ2) is 22.8. The van der Waals surface area contributed by atoms with E-state index in [1.807, 2.05) is 70.2 Å². The molecule has 0 spiro atoms. The van der Waals surface area contributed by atoms with Crippen molar-refractivity contribution < 1.29 is 33.6 Å². The highest BCUT2D eigenvalue weighted by atomic mass is 16.2. The summed E-state index contributed by atoms with van der Waals surface area (Å²) >= 11 is 0. The summed E-state index contributed by atoms with van der Waals surface area (Å²) in [6, 6.07) is 15.5. The summed E-state index contributed by atoms with van der Waals surface area (Å²) < 4.78 is 0. The quantitative estimate of drug-likeness (QED) is 0.0982. The van der Waals surface area contributed by atoms with Gasteiger partial charge in [-0.05, 0) is 47.9 Å². The molecule has 0 radical (unpaired) electrons. The molecule has 55 heavy (non-hydrogen) atoms. The number of carbonyl (C=O) groups is 7. The summed E-state index contributed by atoms with van der Waals surface area (Å²) in [6.45, 7) is 15.8. The van der Waals surface area contributed by atoms with E-state index < -0.39 is 40.8 Å². The zero-order chi connectivity index (χ0) is 41.3. The van der Waals surface area contributed by atoms with Gasteiger partial charge in [-0.2, -0.15) is 0 Å². The van der Waals surface area contributed by atoms with Gasteiger partial charge in [0.25, 0.3) is 0 Å². The molecule has 2 aromatic carbocycles. The van der Waals surface area contributed by atoms with Crippen LogP contribution in [0.5, 0.6) is 0 Å². The number of carbonyl (C=O) groups excluding carboxylic acids is 7. The van der Waals surface area contributed by atoms with Crippen molar-refractivity contribution in [1.82, 2.24) is 4.90 Å². The first kappa shape index (κ1) is 46.6. The number of rotatable bonds is 20. The number of nitrogens with zero attached hydrogens (tertiary/aromatic N) is 1. The summed E-state index contributed by atoms with van der Waals surface area (Å²) in [5.41, 5.74) is 1.71. The Morgan fingerprint density at radius 2 is 1.45 bits per heavy atom. The summed E-state index contributed by atoms with van der Waals surface area (Å²) in [5, 5.41) is 0. The summed E-state index contributed by atoms with van der Waals surface area (Å²) in [6.07, 6.45) is 8.16. The van der Waals surface area contributed by atoms with Crippen LogP contribution in [-0.4, -0.2) is 58.1 Å². The first-order chi connectivity index (χ1) is 26.0. The summed E-state index contributed by atoms with van der Waals surface area (Å²) in [7, 11) is 0. The molecule has 1 aliphatic rings. The highest BCUT2D eigenvalue weighted by molar-refractivity contribution is 6.38. The zero-order valence-corrected chi connectivity index (χ0v) is 34.5. The lowest BCUT2D eigenvalue weighted by molar-refractivity contribution is -0.146. The van der Waals surface area contributed by atoms with Crippen LogP contribution in [0.15, 0.2) is 54.6 Å². The Hall–Kier alpha value is -4.51. The van der Waals surface area contributed by atoms with Gasteiger partial charge in [0.2, 0.25) is 11.7 Å². The van der Waals surface area contributed by atoms with Crippen LogP contribution in [0.1, 0.15) is 142 Å². The number of benzene rings is 2. The van der Waals surface area contributed by atoms with Crippen LogP contribution in [0.25, 0.3) is 0 Å². The Balaban J connectivity index is 0.00000337. The van der Waals surface area contributed by atoms with Crippen molar-refractivity contribution in [1.29, 1.82) is 0 Å². The smallest absolute Gasteiger partial charge is 0.227 e. The van der Waals surface area contributed by atoms with E-state index in [2.05, 4.69) is 19.8 Å². The van der Waals surface area contributed by atoms with Crippen molar-refractivity contribution in [3.05, 3.63) is 71.3 Å². The average Bonchev–Trinajstić information content (AvgIpc) is 3.65. The minimum absolute atomic E-state index is 0.0263. The predicted molar refractivity (Wildman–Crippen MR) is 217 cm³/mol. The Labute approximate surface area is 329 Å². The maximum atomic E-state index is 14.1. The Bertz CT molecular complexity index is 1660. The van der Waals surface area contributed by atoms with Gasteiger partial charge < -0.3 is 4.90 Å². The van der Waals surface area contributed by atoms with Gasteiger partial charge in [0.15, 0.2) is 11.6 Å². The van der Waals surface area contributed by atoms with Crippen molar-refractivity contribution in [3.8, 4) is 12.3 Å². The largest absolute Gasteiger partial charge is 0.332 e. The van der Waals surface area contributed by atoms with E-state index in [-0.39, 0.29) is 73.5 Å². The number of hydrogen-bond acceptors (Lipinski definition) is 7. The molecule has 1 fully saturated rings. The van der Waals surface area contributed by atoms with Crippen LogP contribution in [0, 0.1) is 35.5 Å². The Kier molecular flexibility index (Phi) is 19.3. The van der Waals surface area contributed by atoms with Crippen LogP contribution in [0.3, 0.4) is 0 Å². The molecule has 4 atom stereocenters. The van der Waals surface area contributed by atoms with E-state index in [9.17, 15) is 33.6 Å². The first-order valence-corrected chi connectivity index (χ1v) is 20.1. The van der Waals surface area contributed by atoms with E-state index in [0.717, 1.165) is 16.7 Å². The van der Waals surface area contributed by atoms with Gasteiger partial charge in [-0.1, -0.05) is 117 Å². The van der Waals surface area contributed by atoms with Gasteiger partial charge in [0.05, 0.1) is 6.04 Å². The standard InChI is InChI=1S/C44H55NO7.C3H8/c1-8-14-33(42(51)39(48)23-22-34(46)27-36(41(50)29(3)4)32-15-11-10-12-16-32)26-40(49)38-17-13-24-45(38)43(52)37(44(5,6)7)28-35(47)25-31-20-18-30(9-2)19-21-31;1-3-2/h2,10-12,15-16,18-21,29,33,36-38H,8,13-14,17,22-28H2,1,3-7H3;3H2,1-2H3/t33?,36-,37+,38-;/m0./s1. The molecule has 1 heterocycles. The monoisotopic (exact) mass is 753 g/mol. The summed E-state index contributed by atoms with van der Waals surface area (Å²) in [5.74, 6) is -2.16. The van der Waals surface area contributed by atoms with Gasteiger partial charge in [-0.25, -0.2) is 0 Å². The lowest BCUT2D eigenvalue weighted by Gasteiger charge is -2.35. The molecule has 2 aromatic rings. The van der Waals surface area contributed by atoms with Gasteiger partial charge in [0.1, 0.15) is 17.3 Å². The number of terminal acetylenes is 1. The third-order valence-corrected chi connectivity index (χ3v) is 10.1. The molecule has 1 aliphatic heterocycles. The molecule has 1 amide bonds. The maximum absolute atomic E-state index is 14.1. The second-order valence-electron chi connectivity index (χ2n) is 16.3. The van der Waals surface area contributed by atoms with Crippen LogP contribution < -0.4 is 0 Å². The molecule has 0 saturated carbocycles. The van der Waals surface area contributed by atoms with E-state index in [1.54, 1.807) is 30.9 Å². The van der Waals surface area contributed by atoms with Gasteiger partial charge in [-0.3, -0.25) is 33.6 Å². The van der Waals surface area contributed by atoms with E-state index in [0.29, 0.717) is 32.2 Å². The van der Waals surface area contributed by atoms with Crippen LogP contribution in [-0.2, 0) is 40.0 Å². The molecule has 3 rings (SSSR count). The maximum Gasteiger partial charge on any atom is 0.227 e. The van der Waals surface area contributed by atoms with Crippen LogP contribution in [0.4, 0.5) is 0 Å². The van der Waals surface area contributed by atoms with E-state index in [1.165, 1.54) is 6.42 Å². The number of amides is 1.